The fourth-order valence-corrected chi connectivity index (χ4v) is 3.55. The second-order valence-corrected chi connectivity index (χ2v) is 8.37. The highest BCUT2D eigenvalue weighted by Crippen LogP contribution is 2.29. The van der Waals surface area contributed by atoms with Gasteiger partial charge in [0.1, 0.15) is 18.9 Å². The van der Waals surface area contributed by atoms with Gasteiger partial charge in [-0.1, -0.05) is 23.8 Å². The number of nitro groups is 1. The highest BCUT2D eigenvalue weighted by Gasteiger charge is 2.25. The van der Waals surface area contributed by atoms with Gasteiger partial charge >= 0.3 is 0 Å². The van der Waals surface area contributed by atoms with Crippen molar-refractivity contribution in [2.24, 2.45) is 0 Å². The topological polar surface area (TPSA) is 119 Å². The molecule has 0 aliphatic carbocycles. The smallest absolute Gasteiger partial charge is 0.274 e. The fraction of sp³-hybridized carbons (Fsp3) is 0.316. The van der Waals surface area contributed by atoms with Crippen molar-refractivity contribution in [3.63, 3.8) is 0 Å². The van der Waals surface area contributed by atoms with Crippen LogP contribution in [0.5, 0.6) is 5.75 Å². The molecule has 0 aliphatic rings. The summed E-state index contributed by atoms with van der Waals surface area (Å²) in [5.74, 6) is 0.115. The van der Waals surface area contributed by atoms with E-state index in [9.17, 15) is 23.3 Å². The highest BCUT2D eigenvalue weighted by molar-refractivity contribution is 7.92. The van der Waals surface area contributed by atoms with Gasteiger partial charge in [0, 0.05) is 6.07 Å². The van der Waals surface area contributed by atoms with Crippen molar-refractivity contribution >= 4 is 27.3 Å². The zero-order chi connectivity index (χ0) is 21.6. The Labute approximate surface area is 169 Å². The predicted octanol–water partition coefficient (Wildman–Crippen LogP) is 2.17. The van der Waals surface area contributed by atoms with Crippen molar-refractivity contribution in [2.45, 2.75) is 13.8 Å². The molecule has 2 rings (SSSR count). The number of hydrogen-bond acceptors (Lipinski definition) is 6. The minimum Gasteiger partial charge on any atom is -0.492 e. The number of nitrogens with zero attached hydrogens (tertiary/aromatic N) is 2. The van der Waals surface area contributed by atoms with E-state index in [-0.39, 0.29) is 30.1 Å². The molecule has 0 aromatic heterocycles. The van der Waals surface area contributed by atoms with Gasteiger partial charge in [-0.05, 0) is 32.0 Å². The fourth-order valence-electron chi connectivity index (χ4n) is 2.64. The SMILES string of the molecule is Cc1ccc(OCCNC(=O)CN(c2cccc([N+](=O)[O-])c2C)S(C)(=O)=O)cc1. The third-order valence-electron chi connectivity index (χ3n) is 4.14. The van der Waals surface area contributed by atoms with Crippen LogP contribution in [0.25, 0.3) is 0 Å². The molecule has 156 valence electrons. The Hall–Kier alpha value is -3.14. The lowest BCUT2D eigenvalue weighted by Crippen LogP contribution is -2.41. The minimum absolute atomic E-state index is 0.0905. The Balaban J connectivity index is 2.02. The number of carbonyl (C=O) groups is 1. The normalized spacial score (nSPS) is 11.0. The molecule has 2 aromatic rings. The number of benzene rings is 2. The Morgan fingerprint density at radius 3 is 2.41 bits per heavy atom. The first-order valence-corrected chi connectivity index (χ1v) is 10.6. The molecule has 0 fully saturated rings. The van der Waals surface area contributed by atoms with Crippen LogP contribution in [0.3, 0.4) is 0 Å². The number of rotatable bonds is 9. The van der Waals surface area contributed by atoms with Gasteiger partial charge in [-0.25, -0.2) is 8.42 Å². The van der Waals surface area contributed by atoms with Gasteiger partial charge in [-0.3, -0.25) is 19.2 Å². The van der Waals surface area contributed by atoms with Crippen molar-refractivity contribution in [1.82, 2.24) is 5.32 Å². The van der Waals surface area contributed by atoms with Crippen LogP contribution in [0.4, 0.5) is 11.4 Å². The third kappa shape index (κ3) is 6.18. The van der Waals surface area contributed by atoms with Crippen LogP contribution >= 0.6 is 0 Å². The lowest BCUT2D eigenvalue weighted by atomic mass is 10.1. The average Bonchev–Trinajstić information content (AvgIpc) is 2.64. The van der Waals surface area contributed by atoms with E-state index in [0.29, 0.717) is 5.75 Å². The molecule has 0 spiro atoms. The van der Waals surface area contributed by atoms with E-state index >= 15 is 0 Å². The van der Waals surface area contributed by atoms with Gasteiger partial charge in [0.05, 0.1) is 29.0 Å². The Morgan fingerprint density at radius 2 is 1.83 bits per heavy atom. The molecule has 0 aliphatic heterocycles. The number of carbonyl (C=O) groups excluding carboxylic acids is 1. The summed E-state index contributed by atoms with van der Waals surface area (Å²) in [5.41, 5.74) is 1.14. The Bertz CT molecular complexity index is 990. The van der Waals surface area contributed by atoms with E-state index in [1.54, 1.807) is 0 Å². The van der Waals surface area contributed by atoms with E-state index in [4.69, 9.17) is 4.74 Å². The number of nitro benzene ring substituents is 1. The second-order valence-electron chi connectivity index (χ2n) is 6.46. The third-order valence-corrected chi connectivity index (χ3v) is 5.27. The van der Waals surface area contributed by atoms with Crippen LogP contribution in [-0.2, 0) is 14.8 Å². The van der Waals surface area contributed by atoms with E-state index in [2.05, 4.69) is 5.32 Å². The number of ether oxygens (including phenoxy) is 1. The first-order chi connectivity index (χ1) is 13.6. The molecule has 1 N–H and O–H groups in total. The molecule has 0 radical (unpaired) electrons. The summed E-state index contributed by atoms with van der Waals surface area (Å²) in [5, 5.41) is 13.7. The van der Waals surface area contributed by atoms with E-state index in [1.165, 1.54) is 25.1 Å². The van der Waals surface area contributed by atoms with Crippen LogP contribution < -0.4 is 14.4 Å². The lowest BCUT2D eigenvalue weighted by Gasteiger charge is -2.23. The molecule has 9 nitrogen and oxygen atoms in total. The van der Waals surface area contributed by atoms with Gasteiger partial charge in [0.15, 0.2) is 0 Å². The summed E-state index contributed by atoms with van der Waals surface area (Å²) in [6.45, 7) is 3.30. The van der Waals surface area contributed by atoms with Crippen LogP contribution in [-0.4, -0.2) is 45.2 Å². The van der Waals surface area contributed by atoms with Crippen LogP contribution in [0.15, 0.2) is 42.5 Å². The molecule has 0 heterocycles. The zero-order valence-electron chi connectivity index (χ0n) is 16.4. The maximum absolute atomic E-state index is 12.3. The summed E-state index contributed by atoms with van der Waals surface area (Å²) in [6, 6.07) is 11.5. The number of nitrogens with one attached hydrogen (secondary N) is 1. The van der Waals surface area contributed by atoms with E-state index in [1.807, 2.05) is 31.2 Å². The zero-order valence-corrected chi connectivity index (χ0v) is 17.2. The molecule has 1 amide bonds. The largest absolute Gasteiger partial charge is 0.492 e. The number of anilines is 1. The van der Waals surface area contributed by atoms with Gasteiger partial charge in [-0.2, -0.15) is 0 Å². The van der Waals surface area contributed by atoms with Crippen molar-refractivity contribution in [1.29, 1.82) is 0 Å². The molecular weight excluding hydrogens is 398 g/mol. The maximum atomic E-state index is 12.3. The Kier molecular flexibility index (Phi) is 7.16. The molecule has 0 unspecified atom stereocenters. The highest BCUT2D eigenvalue weighted by atomic mass is 32.2. The summed E-state index contributed by atoms with van der Waals surface area (Å²) in [7, 11) is -3.84. The number of aryl methyl sites for hydroxylation is 1. The molecule has 0 bridgehead atoms. The molecule has 10 heteroatoms. The van der Waals surface area contributed by atoms with Crippen LogP contribution in [0.1, 0.15) is 11.1 Å². The summed E-state index contributed by atoms with van der Waals surface area (Å²) >= 11 is 0. The van der Waals surface area contributed by atoms with Crippen molar-refractivity contribution in [2.75, 3.05) is 30.3 Å². The van der Waals surface area contributed by atoms with Crippen molar-refractivity contribution in [3.05, 3.63) is 63.7 Å². The number of amides is 1. The molecule has 0 saturated carbocycles. The number of hydrogen-bond donors (Lipinski definition) is 1. The first kappa shape index (κ1) is 22.2. The van der Waals surface area contributed by atoms with Crippen LogP contribution in [0.2, 0.25) is 0 Å². The predicted molar refractivity (Wildman–Crippen MR) is 110 cm³/mol. The van der Waals surface area contributed by atoms with Crippen molar-refractivity contribution in [3.8, 4) is 5.75 Å². The maximum Gasteiger partial charge on any atom is 0.274 e. The summed E-state index contributed by atoms with van der Waals surface area (Å²) < 4.78 is 30.7. The molecule has 0 atom stereocenters. The Morgan fingerprint density at radius 1 is 1.17 bits per heavy atom. The summed E-state index contributed by atoms with van der Waals surface area (Å²) in [6.07, 6.45) is 0.944. The first-order valence-electron chi connectivity index (χ1n) is 8.77. The van der Waals surface area contributed by atoms with Crippen molar-refractivity contribution < 1.29 is 22.9 Å². The van der Waals surface area contributed by atoms with Crippen LogP contribution in [0, 0.1) is 24.0 Å². The quantitative estimate of drug-likeness (QED) is 0.377. The minimum atomic E-state index is -3.84. The van der Waals surface area contributed by atoms with Gasteiger partial charge in [0.25, 0.3) is 5.69 Å². The molecular formula is C19H23N3O6S. The van der Waals surface area contributed by atoms with E-state index in [0.717, 1.165) is 16.1 Å². The summed E-state index contributed by atoms with van der Waals surface area (Å²) in [4.78, 5) is 22.8. The average molecular weight is 421 g/mol. The van der Waals surface area contributed by atoms with Gasteiger partial charge < -0.3 is 10.1 Å². The second kappa shape index (κ2) is 9.37. The molecule has 2 aromatic carbocycles. The monoisotopic (exact) mass is 421 g/mol. The van der Waals surface area contributed by atoms with E-state index < -0.39 is 27.4 Å². The van der Waals surface area contributed by atoms with Gasteiger partial charge in [-0.15, -0.1) is 0 Å². The van der Waals surface area contributed by atoms with Gasteiger partial charge in [0.2, 0.25) is 15.9 Å². The standard InChI is InChI=1S/C19H23N3O6S/c1-14-7-9-16(10-8-14)28-12-11-20-19(23)13-21(29(3,26)27)17-5-4-6-18(15(17)2)22(24)25/h4-10H,11-13H2,1-3H3,(H,20,23). The molecule has 0 saturated heterocycles. The lowest BCUT2D eigenvalue weighted by molar-refractivity contribution is -0.385. The molecule has 29 heavy (non-hydrogen) atoms. The number of sulfonamides is 1.